The van der Waals surface area contributed by atoms with Gasteiger partial charge in [-0.25, -0.2) is 0 Å². The van der Waals surface area contributed by atoms with Gasteiger partial charge >= 0.3 is 5.97 Å². The highest BCUT2D eigenvalue weighted by molar-refractivity contribution is 5.78. The van der Waals surface area contributed by atoms with Crippen molar-refractivity contribution in [3.8, 4) is 0 Å². The van der Waals surface area contributed by atoms with E-state index in [1.165, 1.54) is 0 Å². The van der Waals surface area contributed by atoms with Gasteiger partial charge in [0.1, 0.15) is 0 Å². The van der Waals surface area contributed by atoms with Crippen LogP contribution in [-0.4, -0.2) is 44.8 Å². The highest BCUT2D eigenvalue weighted by Gasteiger charge is 2.40. The van der Waals surface area contributed by atoms with Gasteiger partial charge in [-0.15, -0.1) is 0 Å². The average Bonchev–Trinajstić information content (AvgIpc) is 2.98. The van der Waals surface area contributed by atoms with Crippen molar-refractivity contribution in [2.75, 3.05) is 13.1 Å². The number of rotatable bonds is 5. The lowest BCUT2D eigenvalue weighted by Crippen LogP contribution is -2.46. The third-order valence-electron chi connectivity index (χ3n) is 4.32. The average molecular weight is 279 g/mol. The van der Waals surface area contributed by atoms with Crippen molar-refractivity contribution in [1.29, 1.82) is 0 Å². The molecule has 1 fully saturated rings. The Morgan fingerprint density at radius 1 is 1.35 bits per heavy atom. The van der Waals surface area contributed by atoms with Gasteiger partial charge in [-0.1, -0.05) is 6.92 Å². The monoisotopic (exact) mass is 279 g/mol. The molecule has 1 aliphatic rings. The number of aromatic nitrogens is 2. The molecule has 0 bridgehead atoms. The van der Waals surface area contributed by atoms with Gasteiger partial charge in [-0.2, -0.15) is 5.10 Å². The highest BCUT2D eigenvalue weighted by atomic mass is 16.4. The molecule has 1 aliphatic heterocycles. The van der Waals surface area contributed by atoms with Crippen molar-refractivity contribution >= 4 is 11.9 Å². The summed E-state index contributed by atoms with van der Waals surface area (Å²) in [6, 6.07) is 1.83. The molecule has 2 rings (SSSR count). The normalized spacial score (nSPS) is 17.9. The molecule has 0 spiro atoms. The number of aryl methyl sites for hydroxylation is 1. The van der Waals surface area contributed by atoms with Crippen molar-refractivity contribution in [3.05, 3.63) is 18.5 Å². The standard InChI is InChI=1S/C14H21N3O3/c1-2-14(13(19)20)5-10-16(11-6-14)12(18)4-9-17-8-3-7-15-17/h3,7-8H,2,4-6,9-11H2,1H3,(H,19,20). The third-order valence-corrected chi connectivity index (χ3v) is 4.32. The molecule has 0 aliphatic carbocycles. The number of carbonyl (C=O) groups is 2. The van der Waals surface area contributed by atoms with E-state index in [0.29, 0.717) is 45.3 Å². The van der Waals surface area contributed by atoms with Crippen LogP contribution in [0.1, 0.15) is 32.6 Å². The summed E-state index contributed by atoms with van der Waals surface area (Å²) in [6.45, 7) is 3.56. The SMILES string of the molecule is CCC1(C(=O)O)CCN(C(=O)CCn2cccn2)CC1. The first kappa shape index (κ1) is 14.6. The number of hydrogen-bond acceptors (Lipinski definition) is 3. The van der Waals surface area contributed by atoms with Gasteiger partial charge in [0.25, 0.3) is 0 Å². The molecule has 6 heteroatoms. The van der Waals surface area contributed by atoms with Crippen LogP contribution < -0.4 is 0 Å². The highest BCUT2D eigenvalue weighted by Crippen LogP contribution is 2.35. The Morgan fingerprint density at radius 3 is 2.55 bits per heavy atom. The Bertz CT molecular complexity index is 462. The van der Waals surface area contributed by atoms with E-state index in [4.69, 9.17) is 0 Å². The van der Waals surface area contributed by atoms with Crippen molar-refractivity contribution in [2.24, 2.45) is 5.41 Å². The third kappa shape index (κ3) is 3.00. The number of carbonyl (C=O) groups excluding carboxylic acids is 1. The van der Waals surface area contributed by atoms with E-state index >= 15 is 0 Å². The van der Waals surface area contributed by atoms with Gasteiger partial charge in [0, 0.05) is 38.4 Å². The molecule has 1 aromatic heterocycles. The van der Waals surface area contributed by atoms with Gasteiger partial charge in [0.2, 0.25) is 5.91 Å². The number of amides is 1. The van der Waals surface area contributed by atoms with Crippen molar-refractivity contribution < 1.29 is 14.7 Å². The van der Waals surface area contributed by atoms with E-state index in [0.717, 1.165) is 0 Å². The first-order valence-corrected chi connectivity index (χ1v) is 7.06. The fraction of sp³-hybridized carbons (Fsp3) is 0.643. The van der Waals surface area contributed by atoms with Crippen LogP contribution >= 0.6 is 0 Å². The Kier molecular flexibility index (Phi) is 4.42. The second-order valence-electron chi connectivity index (χ2n) is 5.34. The molecular weight excluding hydrogens is 258 g/mol. The first-order valence-electron chi connectivity index (χ1n) is 7.06. The molecule has 0 aromatic carbocycles. The Morgan fingerprint density at radius 2 is 2.05 bits per heavy atom. The fourth-order valence-corrected chi connectivity index (χ4v) is 2.70. The maximum absolute atomic E-state index is 12.1. The number of aliphatic carboxylic acids is 1. The molecule has 1 N–H and O–H groups in total. The van der Waals surface area contributed by atoms with Gasteiger partial charge in [0.15, 0.2) is 0 Å². The number of carboxylic acid groups (broad SMARTS) is 1. The lowest BCUT2D eigenvalue weighted by Gasteiger charge is -2.38. The van der Waals surface area contributed by atoms with E-state index in [1.54, 1.807) is 15.8 Å². The molecule has 110 valence electrons. The number of nitrogens with zero attached hydrogens (tertiary/aromatic N) is 3. The van der Waals surface area contributed by atoms with Crippen LogP contribution in [0.15, 0.2) is 18.5 Å². The van der Waals surface area contributed by atoms with Crippen LogP contribution in [-0.2, 0) is 16.1 Å². The minimum atomic E-state index is -0.733. The van der Waals surface area contributed by atoms with E-state index in [9.17, 15) is 14.7 Å². The summed E-state index contributed by atoms with van der Waals surface area (Å²) < 4.78 is 1.73. The molecular formula is C14H21N3O3. The molecule has 1 amide bonds. The van der Waals surface area contributed by atoms with Gasteiger partial charge in [-0.3, -0.25) is 14.3 Å². The van der Waals surface area contributed by atoms with Crippen molar-refractivity contribution in [1.82, 2.24) is 14.7 Å². The number of carboxylic acids is 1. The topological polar surface area (TPSA) is 75.4 Å². The summed E-state index contributed by atoms with van der Waals surface area (Å²) in [7, 11) is 0. The van der Waals surface area contributed by atoms with E-state index in [1.807, 2.05) is 19.2 Å². The summed E-state index contributed by atoms with van der Waals surface area (Å²) in [4.78, 5) is 25.2. The zero-order valence-electron chi connectivity index (χ0n) is 11.8. The predicted molar refractivity (Wildman–Crippen MR) is 73.0 cm³/mol. The molecule has 0 radical (unpaired) electrons. The first-order chi connectivity index (χ1) is 9.57. The van der Waals surface area contributed by atoms with Gasteiger partial charge in [0.05, 0.1) is 5.41 Å². The zero-order chi connectivity index (χ0) is 14.6. The van der Waals surface area contributed by atoms with Crippen LogP contribution in [0.5, 0.6) is 0 Å². The number of hydrogen-bond donors (Lipinski definition) is 1. The molecule has 20 heavy (non-hydrogen) atoms. The predicted octanol–water partition coefficient (Wildman–Crippen LogP) is 1.38. The van der Waals surface area contributed by atoms with E-state index < -0.39 is 11.4 Å². The van der Waals surface area contributed by atoms with Crippen LogP contribution in [0, 0.1) is 5.41 Å². The summed E-state index contributed by atoms with van der Waals surface area (Å²) >= 11 is 0. The van der Waals surface area contributed by atoms with Crippen LogP contribution in [0.2, 0.25) is 0 Å². The Hall–Kier alpha value is -1.85. The maximum atomic E-state index is 12.1. The molecule has 0 atom stereocenters. The fourth-order valence-electron chi connectivity index (χ4n) is 2.70. The minimum absolute atomic E-state index is 0.0793. The smallest absolute Gasteiger partial charge is 0.309 e. The number of piperidine rings is 1. The maximum Gasteiger partial charge on any atom is 0.309 e. The summed E-state index contributed by atoms with van der Waals surface area (Å²) in [5.41, 5.74) is -0.640. The summed E-state index contributed by atoms with van der Waals surface area (Å²) in [5.74, 6) is -0.653. The number of likely N-dealkylation sites (tertiary alicyclic amines) is 1. The lowest BCUT2D eigenvalue weighted by atomic mass is 9.76. The Balaban J connectivity index is 1.84. The summed E-state index contributed by atoms with van der Waals surface area (Å²) in [5, 5.41) is 13.4. The van der Waals surface area contributed by atoms with Crippen LogP contribution in [0.4, 0.5) is 0 Å². The zero-order valence-corrected chi connectivity index (χ0v) is 11.8. The van der Waals surface area contributed by atoms with Gasteiger partial charge in [-0.05, 0) is 25.3 Å². The molecule has 6 nitrogen and oxygen atoms in total. The van der Waals surface area contributed by atoms with Crippen LogP contribution in [0.25, 0.3) is 0 Å². The molecule has 0 saturated carbocycles. The lowest BCUT2D eigenvalue weighted by molar-refractivity contribution is -0.154. The van der Waals surface area contributed by atoms with Crippen molar-refractivity contribution in [2.45, 2.75) is 39.2 Å². The quantitative estimate of drug-likeness (QED) is 0.883. The molecule has 0 unspecified atom stereocenters. The second kappa shape index (κ2) is 6.07. The van der Waals surface area contributed by atoms with E-state index in [-0.39, 0.29) is 5.91 Å². The van der Waals surface area contributed by atoms with Crippen molar-refractivity contribution in [3.63, 3.8) is 0 Å². The molecule has 1 saturated heterocycles. The molecule has 2 heterocycles. The van der Waals surface area contributed by atoms with Gasteiger partial charge < -0.3 is 10.0 Å². The minimum Gasteiger partial charge on any atom is -0.481 e. The molecule has 1 aromatic rings. The second-order valence-corrected chi connectivity index (χ2v) is 5.34. The van der Waals surface area contributed by atoms with E-state index in [2.05, 4.69) is 5.10 Å². The Labute approximate surface area is 118 Å². The largest absolute Gasteiger partial charge is 0.481 e. The van der Waals surface area contributed by atoms with Crippen LogP contribution in [0.3, 0.4) is 0 Å². The summed E-state index contributed by atoms with van der Waals surface area (Å²) in [6.07, 6.45) is 5.65.